The summed E-state index contributed by atoms with van der Waals surface area (Å²) in [7, 11) is 0. The van der Waals surface area contributed by atoms with Crippen LogP contribution >= 0.6 is 11.3 Å². The molecule has 1 atom stereocenters. The maximum Gasteiger partial charge on any atom is 0.226 e. The number of likely N-dealkylation sites (tertiary alicyclic amines) is 1. The van der Waals surface area contributed by atoms with E-state index in [9.17, 15) is 4.79 Å². The number of carbonyl (C=O) groups is 1. The van der Waals surface area contributed by atoms with Crippen LogP contribution < -0.4 is 10.1 Å². The van der Waals surface area contributed by atoms with Gasteiger partial charge in [-0.15, -0.1) is 11.3 Å². The van der Waals surface area contributed by atoms with E-state index >= 15 is 0 Å². The Labute approximate surface area is 201 Å². The number of nitrogens with zero attached hydrogens (tertiary/aromatic N) is 4. The molecule has 0 bridgehead atoms. The molecule has 2 N–H and O–H groups in total. The Morgan fingerprint density at radius 2 is 2.12 bits per heavy atom. The third kappa shape index (κ3) is 3.77. The van der Waals surface area contributed by atoms with Crippen LogP contribution in [0.4, 0.5) is 11.5 Å². The van der Waals surface area contributed by atoms with Gasteiger partial charge >= 0.3 is 0 Å². The van der Waals surface area contributed by atoms with Gasteiger partial charge in [0.2, 0.25) is 5.91 Å². The van der Waals surface area contributed by atoms with Gasteiger partial charge in [0.05, 0.1) is 28.9 Å². The van der Waals surface area contributed by atoms with Crippen molar-refractivity contribution in [2.75, 3.05) is 18.4 Å². The van der Waals surface area contributed by atoms with Crippen LogP contribution in [0.25, 0.3) is 21.1 Å². The first-order chi connectivity index (χ1) is 16.6. The predicted molar refractivity (Wildman–Crippen MR) is 134 cm³/mol. The Balaban J connectivity index is 1.35. The van der Waals surface area contributed by atoms with Crippen LogP contribution in [-0.4, -0.2) is 50.2 Å². The van der Waals surface area contributed by atoms with Gasteiger partial charge in [0.25, 0.3) is 0 Å². The Hall–Kier alpha value is -3.20. The van der Waals surface area contributed by atoms with Crippen LogP contribution in [0.15, 0.2) is 24.7 Å². The highest BCUT2D eigenvalue weighted by Crippen LogP contribution is 2.42. The fourth-order valence-electron chi connectivity index (χ4n) is 5.16. The largest absolute Gasteiger partial charge is 0.489 e. The second kappa shape index (κ2) is 8.54. The van der Waals surface area contributed by atoms with Crippen LogP contribution in [0.2, 0.25) is 0 Å². The van der Waals surface area contributed by atoms with Crippen molar-refractivity contribution in [3.05, 3.63) is 35.1 Å². The number of aromatic amines is 1. The molecule has 4 heterocycles. The molecule has 3 aromatic heterocycles. The van der Waals surface area contributed by atoms with E-state index in [4.69, 9.17) is 4.74 Å². The van der Waals surface area contributed by atoms with Gasteiger partial charge in [-0.25, -0.2) is 9.97 Å². The van der Waals surface area contributed by atoms with Crippen molar-refractivity contribution in [1.29, 1.82) is 0 Å². The summed E-state index contributed by atoms with van der Waals surface area (Å²) in [6.45, 7) is 5.85. The number of benzene rings is 1. The lowest BCUT2D eigenvalue weighted by molar-refractivity contribution is -0.134. The minimum absolute atomic E-state index is 0.0327. The molecule has 0 spiro atoms. The molecule has 0 saturated carbocycles. The molecule has 1 aromatic carbocycles. The average Bonchev–Trinajstić information content (AvgIpc) is 3.57. The Morgan fingerprint density at radius 1 is 1.26 bits per heavy atom. The lowest BCUT2D eigenvalue weighted by Gasteiger charge is -2.26. The molecular weight excluding hydrogens is 448 g/mol. The number of fused-ring (bicyclic) bond motifs is 4. The number of aryl methyl sites for hydroxylation is 1. The first-order valence-corrected chi connectivity index (χ1v) is 12.8. The summed E-state index contributed by atoms with van der Waals surface area (Å²) in [5.74, 6) is 1.94. The van der Waals surface area contributed by atoms with Gasteiger partial charge in [-0.05, 0) is 57.6 Å². The summed E-state index contributed by atoms with van der Waals surface area (Å²) < 4.78 is 6.10. The van der Waals surface area contributed by atoms with E-state index in [-0.39, 0.29) is 12.0 Å². The molecule has 6 rings (SSSR count). The number of hydrogen-bond donors (Lipinski definition) is 2. The van der Waals surface area contributed by atoms with Gasteiger partial charge in [-0.3, -0.25) is 9.89 Å². The summed E-state index contributed by atoms with van der Waals surface area (Å²) in [6, 6.07) is 4.01. The molecule has 9 heteroatoms. The van der Waals surface area contributed by atoms with Gasteiger partial charge in [0.15, 0.2) is 0 Å². The summed E-state index contributed by atoms with van der Waals surface area (Å²) in [4.78, 5) is 26.5. The smallest absolute Gasteiger partial charge is 0.226 e. The third-order valence-electron chi connectivity index (χ3n) is 6.77. The predicted octanol–water partition coefficient (Wildman–Crippen LogP) is 4.83. The molecule has 1 saturated heterocycles. The highest BCUT2D eigenvalue weighted by Gasteiger charge is 2.32. The quantitative estimate of drug-likeness (QED) is 0.429. The van der Waals surface area contributed by atoms with Crippen LogP contribution in [-0.2, 0) is 17.6 Å². The van der Waals surface area contributed by atoms with E-state index in [1.165, 1.54) is 10.4 Å². The normalized spacial score (nSPS) is 18.1. The first-order valence-electron chi connectivity index (χ1n) is 12.0. The number of aromatic nitrogens is 4. The van der Waals surface area contributed by atoms with Crippen LogP contribution in [0.5, 0.6) is 5.75 Å². The van der Waals surface area contributed by atoms with E-state index in [2.05, 4.69) is 30.4 Å². The number of thiophene rings is 1. The fourth-order valence-corrected chi connectivity index (χ4v) is 6.43. The van der Waals surface area contributed by atoms with E-state index in [0.717, 1.165) is 83.6 Å². The van der Waals surface area contributed by atoms with Gasteiger partial charge < -0.3 is 15.0 Å². The third-order valence-corrected chi connectivity index (χ3v) is 7.93. The highest BCUT2D eigenvalue weighted by atomic mass is 32.1. The second-order valence-corrected chi connectivity index (χ2v) is 10.6. The molecular formula is C25H28N6O2S. The van der Waals surface area contributed by atoms with Crippen molar-refractivity contribution in [1.82, 2.24) is 25.1 Å². The monoisotopic (exact) mass is 476 g/mol. The van der Waals surface area contributed by atoms with Gasteiger partial charge in [-0.2, -0.15) is 5.10 Å². The number of H-pyrrole nitrogens is 1. The molecule has 0 radical (unpaired) electrons. The van der Waals surface area contributed by atoms with Gasteiger partial charge in [0.1, 0.15) is 22.7 Å². The van der Waals surface area contributed by atoms with Gasteiger partial charge in [-0.1, -0.05) is 0 Å². The molecule has 0 unspecified atom stereocenters. The first kappa shape index (κ1) is 21.3. The number of rotatable bonds is 5. The Bertz CT molecular complexity index is 1370. The van der Waals surface area contributed by atoms with E-state index in [1.807, 2.05) is 26.0 Å². The number of anilines is 2. The van der Waals surface area contributed by atoms with Gasteiger partial charge in [0, 0.05) is 35.3 Å². The topological polar surface area (TPSA) is 96.0 Å². The minimum atomic E-state index is 0.0327. The summed E-state index contributed by atoms with van der Waals surface area (Å²) in [6.07, 6.45) is 8.26. The number of hydrogen-bond acceptors (Lipinski definition) is 7. The maximum atomic E-state index is 13.0. The lowest BCUT2D eigenvalue weighted by atomic mass is 9.87. The molecule has 2 aliphatic rings. The minimum Gasteiger partial charge on any atom is -0.489 e. The molecule has 1 amide bonds. The zero-order valence-corrected chi connectivity index (χ0v) is 20.2. The Kier molecular flexibility index (Phi) is 5.36. The second-order valence-electron chi connectivity index (χ2n) is 9.48. The van der Waals surface area contributed by atoms with Crippen molar-refractivity contribution in [3.63, 3.8) is 0 Å². The number of ether oxygens (including phenoxy) is 1. The summed E-state index contributed by atoms with van der Waals surface area (Å²) >= 11 is 1.70. The maximum absolute atomic E-state index is 13.0. The summed E-state index contributed by atoms with van der Waals surface area (Å²) in [5.41, 5.74) is 3.06. The van der Waals surface area contributed by atoms with E-state index in [0.29, 0.717) is 5.91 Å². The molecule has 176 valence electrons. The van der Waals surface area contributed by atoms with E-state index < -0.39 is 0 Å². The van der Waals surface area contributed by atoms with Crippen molar-refractivity contribution < 1.29 is 9.53 Å². The van der Waals surface area contributed by atoms with Crippen molar-refractivity contribution in [2.24, 2.45) is 5.92 Å². The molecule has 1 fully saturated rings. The summed E-state index contributed by atoms with van der Waals surface area (Å²) in [5, 5.41) is 12.8. The van der Waals surface area contributed by atoms with Crippen LogP contribution in [0.1, 0.15) is 43.6 Å². The number of amides is 1. The molecule has 34 heavy (non-hydrogen) atoms. The zero-order valence-electron chi connectivity index (χ0n) is 19.4. The molecule has 4 aromatic rings. The van der Waals surface area contributed by atoms with Crippen LogP contribution in [0.3, 0.4) is 0 Å². The van der Waals surface area contributed by atoms with Crippen LogP contribution in [0, 0.1) is 5.92 Å². The number of carbonyl (C=O) groups excluding carboxylic acids is 1. The number of nitrogens with one attached hydrogen (secondary N) is 2. The highest BCUT2D eigenvalue weighted by molar-refractivity contribution is 7.19. The van der Waals surface area contributed by atoms with E-state index in [1.54, 1.807) is 23.9 Å². The average molecular weight is 477 g/mol. The SMILES string of the molecule is CC(C)Oc1cc2[nH]ncc2cc1Nc1ncnc2sc3c(c12)CC[C@H](C(=O)N1CCCC1)C3. The molecule has 1 aliphatic carbocycles. The zero-order chi connectivity index (χ0) is 23.2. The van der Waals surface area contributed by atoms with Crippen molar-refractivity contribution in [2.45, 2.75) is 52.1 Å². The lowest BCUT2D eigenvalue weighted by Crippen LogP contribution is -2.36. The molecule has 1 aliphatic heterocycles. The Morgan fingerprint density at radius 3 is 2.94 bits per heavy atom. The standard InChI is InChI=1S/C25H28N6O2S/c1-14(2)33-20-11-18-16(12-28-30-18)9-19(20)29-23-22-17-6-5-15(25(32)31-7-3-4-8-31)10-21(17)34-24(22)27-13-26-23/h9,11-15H,3-8,10H2,1-2H3,(H,28,30)(H,26,27,29)/t15-/m0/s1. The fraction of sp³-hybridized carbons (Fsp3) is 0.440. The van der Waals surface area contributed by atoms with Crippen molar-refractivity contribution in [3.8, 4) is 5.75 Å². The van der Waals surface area contributed by atoms with Crippen molar-refractivity contribution >= 4 is 49.9 Å². The molecule has 8 nitrogen and oxygen atoms in total.